The van der Waals surface area contributed by atoms with E-state index in [1.807, 2.05) is 6.07 Å². The molecule has 1 N–H and O–H groups in total. The summed E-state index contributed by atoms with van der Waals surface area (Å²) in [5.74, 6) is 0.331. The summed E-state index contributed by atoms with van der Waals surface area (Å²) in [5, 5.41) is 4.95. The first kappa shape index (κ1) is 18.1. The molecule has 0 unspecified atom stereocenters. The van der Waals surface area contributed by atoms with Gasteiger partial charge >= 0.3 is 0 Å². The number of hydrogen-bond donors (Lipinski definition) is 1. The number of carbonyl (C=O) groups is 1. The predicted molar refractivity (Wildman–Crippen MR) is 109 cm³/mol. The highest BCUT2D eigenvalue weighted by atomic mass is 35.5. The van der Waals surface area contributed by atoms with Crippen LogP contribution in [0.2, 0.25) is 10.0 Å². The van der Waals surface area contributed by atoms with Crippen LogP contribution < -0.4 is 10.1 Å². The SMILES string of the molecule is COc1ccc(NC(=O)c2ccc3c(Cl)c4c(nc3c2)CCCC4)cc1Cl. The van der Waals surface area contributed by atoms with Gasteiger partial charge in [0.2, 0.25) is 0 Å². The van der Waals surface area contributed by atoms with Gasteiger partial charge in [0.05, 0.1) is 22.7 Å². The van der Waals surface area contributed by atoms with Crippen LogP contribution in [0.3, 0.4) is 0 Å². The minimum atomic E-state index is -0.228. The van der Waals surface area contributed by atoms with Crippen LogP contribution in [-0.2, 0) is 12.8 Å². The molecule has 1 aliphatic carbocycles. The quantitative estimate of drug-likeness (QED) is 0.614. The number of fused-ring (bicyclic) bond motifs is 2. The second-order valence-electron chi connectivity index (χ2n) is 6.59. The van der Waals surface area contributed by atoms with Gasteiger partial charge in [0.15, 0.2) is 0 Å². The fourth-order valence-electron chi connectivity index (χ4n) is 3.46. The van der Waals surface area contributed by atoms with E-state index in [9.17, 15) is 4.79 Å². The number of nitrogens with one attached hydrogen (secondary N) is 1. The summed E-state index contributed by atoms with van der Waals surface area (Å²) in [4.78, 5) is 17.4. The molecule has 0 bridgehead atoms. The minimum Gasteiger partial charge on any atom is -0.495 e. The molecule has 0 aliphatic heterocycles. The Kier molecular flexibility index (Phi) is 4.94. The van der Waals surface area contributed by atoms with Gasteiger partial charge in [-0.3, -0.25) is 9.78 Å². The maximum atomic E-state index is 12.7. The molecule has 0 saturated heterocycles. The van der Waals surface area contributed by atoms with Crippen molar-refractivity contribution in [2.75, 3.05) is 12.4 Å². The molecule has 138 valence electrons. The van der Waals surface area contributed by atoms with Gasteiger partial charge in [-0.15, -0.1) is 0 Å². The van der Waals surface area contributed by atoms with E-state index in [4.69, 9.17) is 32.9 Å². The Hall–Kier alpha value is -2.30. The van der Waals surface area contributed by atoms with Gasteiger partial charge in [-0.1, -0.05) is 29.3 Å². The van der Waals surface area contributed by atoms with E-state index in [2.05, 4.69) is 5.32 Å². The highest BCUT2D eigenvalue weighted by molar-refractivity contribution is 6.36. The second kappa shape index (κ2) is 7.37. The third kappa shape index (κ3) is 3.47. The van der Waals surface area contributed by atoms with Crippen LogP contribution in [0.25, 0.3) is 10.9 Å². The fraction of sp³-hybridized carbons (Fsp3) is 0.238. The number of aryl methyl sites for hydroxylation is 1. The first-order valence-electron chi connectivity index (χ1n) is 8.82. The summed E-state index contributed by atoms with van der Waals surface area (Å²) in [6, 6.07) is 10.5. The van der Waals surface area contributed by atoms with Crippen LogP contribution in [0.5, 0.6) is 5.75 Å². The smallest absolute Gasteiger partial charge is 0.255 e. The van der Waals surface area contributed by atoms with Crippen LogP contribution in [-0.4, -0.2) is 18.0 Å². The first-order valence-corrected chi connectivity index (χ1v) is 9.58. The van der Waals surface area contributed by atoms with Gasteiger partial charge in [0.1, 0.15) is 5.75 Å². The number of aromatic nitrogens is 1. The number of hydrogen-bond acceptors (Lipinski definition) is 3. The van der Waals surface area contributed by atoms with Crippen molar-refractivity contribution in [3.63, 3.8) is 0 Å². The highest BCUT2D eigenvalue weighted by Crippen LogP contribution is 2.33. The average Bonchev–Trinajstić information content (AvgIpc) is 2.68. The number of benzene rings is 2. The zero-order valence-corrected chi connectivity index (χ0v) is 16.3. The second-order valence-corrected chi connectivity index (χ2v) is 7.38. The Bertz CT molecular complexity index is 1050. The van der Waals surface area contributed by atoms with Crippen molar-refractivity contribution in [2.24, 2.45) is 0 Å². The standard InChI is InChI=1S/C21H18Cl2N2O2/c1-27-19-9-7-13(11-16(19)22)24-21(26)12-6-8-15-18(10-12)25-17-5-3-2-4-14(17)20(15)23/h6-11H,2-5H2,1H3,(H,24,26). The van der Waals surface area contributed by atoms with Crippen molar-refractivity contribution in [3.8, 4) is 5.75 Å². The van der Waals surface area contributed by atoms with Crippen molar-refractivity contribution in [3.05, 3.63) is 63.3 Å². The number of anilines is 1. The van der Waals surface area contributed by atoms with Crippen LogP contribution in [0.15, 0.2) is 36.4 Å². The van der Waals surface area contributed by atoms with E-state index < -0.39 is 0 Å². The summed E-state index contributed by atoms with van der Waals surface area (Å²) in [6.45, 7) is 0. The number of ether oxygens (including phenoxy) is 1. The Morgan fingerprint density at radius 3 is 2.70 bits per heavy atom. The molecule has 4 rings (SSSR count). The topological polar surface area (TPSA) is 51.2 Å². The number of methoxy groups -OCH3 is 1. The van der Waals surface area contributed by atoms with Gasteiger partial charge in [-0.05, 0) is 61.6 Å². The Morgan fingerprint density at radius 1 is 1.11 bits per heavy atom. The maximum Gasteiger partial charge on any atom is 0.255 e. The molecule has 0 spiro atoms. The molecule has 1 aliphatic rings. The van der Waals surface area contributed by atoms with E-state index in [0.717, 1.165) is 52.9 Å². The Morgan fingerprint density at radius 2 is 1.93 bits per heavy atom. The molecule has 1 aromatic heterocycles. The van der Waals surface area contributed by atoms with E-state index in [1.165, 1.54) is 0 Å². The van der Waals surface area contributed by atoms with Crippen molar-refractivity contribution < 1.29 is 9.53 Å². The summed E-state index contributed by atoms with van der Waals surface area (Å²) >= 11 is 12.7. The minimum absolute atomic E-state index is 0.228. The molecule has 27 heavy (non-hydrogen) atoms. The fourth-order valence-corrected chi connectivity index (χ4v) is 4.08. The normalized spacial score (nSPS) is 13.3. The van der Waals surface area contributed by atoms with E-state index >= 15 is 0 Å². The first-order chi connectivity index (χ1) is 13.1. The number of halogens is 2. The van der Waals surface area contributed by atoms with Crippen LogP contribution >= 0.6 is 23.2 Å². The molecule has 6 heteroatoms. The van der Waals surface area contributed by atoms with Crippen molar-refractivity contribution in [1.82, 2.24) is 4.98 Å². The van der Waals surface area contributed by atoms with Gasteiger partial charge in [-0.25, -0.2) is 0 Å². The summed E-state index contributed by atoms with van der Waals surface area (Å²) < 4.78 is 5.13. The molecule has 1 heterocycles. The largest absolute Gasteiger partial charge is 0.495 e. The molecular formula is C21H18Cl2N2O2. The predicted octanol–water partition coefficient (Wildman–Crippen LogP) is 5.68. The summed E-state index contributed by atoms with van der Waals surface area (Å²) in [6.07, 6.45) is 4.17. The summed E-state index contributed by atoms with van der Waals surface area (Å²) in [5.41, 5.74) is 4.08. The molecule has 0 atom stereocenters. The molecule has 0 radical (unpaired) electrons. The highest BCUT2D eigenvalue weighted by Gasteiger charge is 2.18. The van der Waals surface area contributed by atoms with Crippen LogP contribution in [0.4, 0.5) is 5.69 Å². The average molecular weight is 401 g/mol. The van der Waals surface area contributed by atoms with E-state index in [0.29, 0.717) is 22.0 Å². The Labute approximate surface area is 167 Å². The monoisotopic (exact) mass is 400 g/mol. The van der Waals surface area contributed by atoms with Gasteiger partial charge in [-0.2, -0.15) is 0 Å². The van der Waals surface area contributed by atoms with E-state index in [1.54, 1.807) is 37.4 Å². The summed E-state index contributed by atoms with van der Waals surface area (Å²) in [7, 11) is 1.55. The number of amides is 1. The lowest BCUT2D eigenvalue weighted by Crippen LogP contribution is -2.12. The number of pyridine rings is 1. The molecule has 4 nitrogen and oxygen atoms in total. The molecule has 2 aromatic carbocycles. The maximum absolute atomic E-state index is 12.7. The molecule has 1 amide bonds. The van der Waals surface area contributed by atoms with Crippen LogP contribution in [0.1, 0.15) is 34.5 Å². The zero-order valence-electron chi connectivity index (χ0n) is 14.8. The molecular weight excluding hydrogens is 383 g/mol. The molecule has 0 saturated carbocycles. The van der Waals surface area contributed by atoms with E-state index in [-0.39, 0.29) is 5.91 Å². The Balaban J connectivity index is 1.65. The lowest BCUT2D eigenvalue weighted by Gasteiger charge is -2.18. The van der Waals surface area contributed by atoms with Gasteiger partial charge in [0, 0.05) is 22.3 Å². The lowest BCUT2D eigenvalue weighted by molar-refractivity contribution is 0.102. The number of nitrogens with zero attached hydrogens (tertiary/aromatic N) is 1. The molecule has 0 fully saturated rings. The van der Waals surface area contributed by atoms with Gasteiger partial charge in [0.25, 0.3) is 5.91 Å². The van der Waals surface area contributed by atoms with Gasteiger partial charge < -0.3 is 10.1 Å². The molecule has 3 aromatic rings. The number of carbonyl (C=O) groups excluding carboxylic acids is 1. The third-order valence-electron chi connectivity index (χ3n) is 4.87. The van der Waals surface area contributed by atoms with Crippen LogP contribution in [0, 0.1) is 0 Å². The zero-order chi connectivity index (χ0) is 19.0. The van der Waals surface area contributed by atoms with Crippen molar-refractivity contribution in [2.45, 2.75) is 25.7 Å². The third-order valence-corrected chi connectivity index (χ3v) is 5.59. The van der Waals surface area contributed by atoms with Crippen molar-refractivity contribution >= 4 is 45.7 Å². The lowest BCUT2D eigenvalue weighted by atomic mass is 9.94. The van der Waals surface area contributed by atoms with Crippen molar-refractivity contribution in [1.29, 1.82) is 0 Å². The number of rotatable bonds is 3.